The standard InChI is InChI=1S/C27H25N3O3S/c1-32-23-14-13-20(15-24(23)33-2)26-22(17-30(28-26)21-11-7-4-8-12-21)27-29(25(31)18-34-27)16-19-9-5-3-6-10-19/h3-15,17,27H,16,18H2,1-2H3/t27-/m1/s1. The average molecular weight is 472 g/mol. The molecule has 1 fully saturated rings. The second kappa shape index (κ2) is 9.65. The molecular formula is C27H25N3O3S. The molecule has 0 radical (unpaired) electrons. The van der Waals surface area contributed by atoms with Crippen LogP contribution in [-0.4, -0.2) is 40.6 Å². The van der Waals surface area contributed by atoms with Gasteiger partial charge in [0, 0.05) is 23.9 Å². The Morgan fingerprint density at radius 3 is 2.35 bits per heavy atom. The fourth-order valence-corrected chi connectivity index (χ4v) is 5.34. The fourth-order valence-electron chi connectivity index (χ4n) is 4.15. The van der Waals surface area contributed by atoms with Crippen molar-refractivity contribution in [1.29, 1.82) is 0 Å². The van der Waals surface area contributed by atoms with Gasteiger partial charge in [-0.05, 0) is 35.9 Å². The van der Waals surface area contributed by atoms with Gasteiger partial charge in [0.05, 0.1) is 31.4 Å². The lowest BCUT2D eigenvalue weighted by molar-refractivity contribution is -0.128. The van der Waals surface area contributed by atoms with Gasteiger partial charge < -0.3 is 14.4 Å². The van der Waals surface area contributed by atoms with Gasteiger partial charge in [-0.15, -0.1) is 11.8 Å². The predicted molar refractivity (Wildman–Crippen MR) is 134 cm³/mol. The molecule has 172 valence electrons. The summed E-state index contributed by atoms with van der Waals surface area (Å²) in [4.78, 5) is 14.9. The number of methoxy groups -OCH3 is 2. The molecule has 34 heavy (non-hydrogen) atoms. The number of carbonyl (C=O) groups is 1. The van der Waals surface area contributed by atoms with Gasteiger partial charge in [-0.25, -0.2) is 4.68 Å². The largest absolute Gasteiger partial charge is 0.493 e. The highest BCUT2D eigenvalue weighted by atomic mass is 32.2. The fraction of sp³-hybridized carbons (Fsp3) is 0.185. The number of benzene rings is 3. The number of ether oxygens (including phenoxy) is 2. The minimum atomic E-state index is -0.145. The first-order chi connectivity index (χ1) is 16.7. The van der Waals surface area contributed by atoms with Crippen LogP contribution in [0.2, 0.25) is 0 Å². The van der Waals surface area contributed by atoms with Crippen molar-refractivity contribution in [1.82, 2.24) is 14.7 Å². The molecule has 4 aromatic rings. The van der Waals surface area contributed by atoms with Crippen LogP contribution >= 0.6 is 11.8 Å². The van der Waals surface area contributed by atoms with Crippen LogP contribution in [0.15, 0.2) is 85.1 Å². The minimum absolute atomic E-state index is 0.129. The number of aromatic nitrogens is 2. The summed E-state index contributed by atoms with van der Waals surface area (Å²) in [5.74, 6) is 1.87. The lowest BCUT2D eigenvalue weighted by atomic mass is 10.1. The number of nitrogens with zero attached hydrogens (tertiary/aromatic N) is 3. The molecule has 1 aliphatic heterocycles. The van der Waals surface area contributed by atoms with E-state index in [2.05, 4.69) is 12.1 Å². The maximum atomic E-state index is 12.9. The molecule has 6 nitrogen and oxygen atoms in total. The predicted octanol–water partition coefficient (Wildman–Crippen LogP) is 5.33. The minimum Gasteiger partial charge on any atom is -0.493 e. The monoisotopic (exact) mass is 471 g/mol. The van der Waals surface area contributed by atoms with E-state index in [0.29, 0.717) is 23.8 Å². The third-order valence-corrected chi connectivity index (χ3v) is 7.09. The lowest BCUT2D eigenvalue weighted by Crippen LogP contribution is -2.27. The van der Waals surface area contributed by atoms with Crippen molar-refractivity contribution < 1.29 is 14.3 Å². The van der Waals surface area contributed by atoms with Crippen molar-refractivity contribution in [2.75, 3.05) is 20.0 Å². The SMILES string of the molecule is COc1ccc(-c2nn(-c3ccccc3)cc2[C@H]2SCC(=O)N2Cc2ccccc2)cc1OC. The normalized spacial score (nSPS) is 15.5. The van der Waals surface area contributed by atoms with Crippen molar-refractivity contribution in [3.63, 3.8) is 0 Å². The van der Waals surface area contributed by atoms with Gasteiger partial charge in [0.25, 0.3) is 0 Å². The summed E-state index contributed by atoms with van der Waals surface area (Å²) >= 11 is 1.63. The summed E-state index contributed by atoms with van der Waals surface area (Å²) in [5.41, 5.74) is 4.77. The van der Waals surface area contributed by atoms with E-state index >= 15 is 0 Å². The van der Waals surface area contributed by atoms with E-state index in [1.165, 1.54) is 0 Å². The van der Waals surface area contributed by atoms with Gasteiger partial charge in [-0.3, -0.25) is 4.79 Å². The van der Waals surface area contributed by atoms with Crippen LogP contribution in [0.1, 0.15) is 16.5 Å². The van der Waals surface area contributed by atoms with E-state index in [0.717, 1.165) is 28.1 Å². The van der Waals surface area contributed by atoms with Crippen molar-refractivity contribution in [2.24, 2.45) is 0 Å². The Bertz CT molecular complexity index is 1290. The molecule has 1 aromatic heterocycles. The number of hydrogen-bond acceptors (Lipinski definition) is 5. The zero-order valence-corrected chi connectivity index (χ0v) is 19.9. The summed E-state index contributed by atoms with van der Waals surface area (Å²) < 4.78 is 12.8. The van der Waals surface area contributed by atoms with Gasteiger partial charge >= 0.3 is 0 Å². The summed E-state index contributed by atoms with van der Waals surface area (Å²) in [5, 5.41) is 4.82. The van der Waals surface area contributed by atoms with E-state index in [4.69, 9.17) is 14.6 Å². The van der Waals surface area contributed by atoms with Crippen molar-refractivity contribution in [3.05, 3.63) is 96.2 Å². The number of carbonyl (C=O) groups excluding carboxylic acids is 1. The smallest absolute Gasteiger partial charge is 0.234 e. The first-order valence-corrected chi connectivity index (χ1v) is 12.0. The summed E-state index contributed by atoms with van der Waals surface area (Å²) in [7, 11) is 3.24. The third-order valence-electron chi connectivity index (χ3n) is 5.85. The van der Waals surface area contributed by atoms with Crippen molar-refractivity contribution in [2.45, 2.75) is 11.9 Å². The molecule has 3 aromatic carbocycles. The van der Waals surface area contributed by atoms with Crippen LogP contribution in [0.3, 0.4) is 0 Å². The second-order valence-corrected chi connectivity index (χ2v) is 9.02. The topological polar surface area (TPSA) is 56.6 Å². The Morgan fingerprint density at radius 2 is 1.65 bits per heavy atom. The van der Waals surface area contributed by atoms with E-state index in [1.54, 1.807) is 26.0 Å². The lowest BCUT2D eigenvalue weighted by Gasteiger charge is -2.24. The van der Waals surface area contributed by atoms with Crippen LogP contribution in [0.25, 0.3) is 16.9 Å². The van der Waals surface area contributed by atoms with Crippen LogP contribution in [0.4, 0.5) is 0 Å². The summed E-state index contributed by atoms with van der Waals surface area (Å²) in [6.07, 6.45) is 2.04. The molecule has 0 unspecified atom stereocenters. The highest BCUT2D eigenvalue weighted by Crippen LogP contribution is 2.44. The molecule has 2 heterocycles. The number of hydrogen-bond donors (Lipinski definition) is 0. The zero-order chi connectivity index (χ0) is 23.5. The van der Waals surface area contributed by atoms with Crippen LogP contribution in [0, 0.1) is 0 Å². The van der Waals surface area contributed by atoms with Crippen molar-refractivity contribution in [3.8, 4) is 28.4 Å². The number of thioether (sulfide) groups is 1. The molecule has 0 aliphatic carbocycles. The van der Waals surface area contributed by atoms with Crippen LogP contribution < -0.4 is 9.47 Å². The molecule has 1 amide bonds. The number of amides is 1. The maximum Gasteiger partial charge on any atom is 0.234 e. The molecule has 7 heteroatoms. The highest BCUT2D eigenvalue weighted by Gasteiger charge is 2.36. The molecule has 5 rings (SSSR count). The number of rotatable bonds is 7. The summed E-state index contributed by atoms with van der Waals surface area (Å²) in [6, 6.07) is 25.9. The first-order valence-electron chi connectivity index (χ1n) is 11.0. The van der Waals surface area contributed by atoms with Crippen LogP contribution in [0.5, 0.6) is 11.5 Å². The van der Waals surface area contributed by atoms with E-state index in [-0.39, 0.29) is 11.3 Å². The van der Waals surface area contributed by atoms with E-state index < -0.39 is 0 Å². The van der Waals surface area contributed by atoms with Crippen molar-refractivity contribution >= 4 is 17.7 Å². The Morgan fingerprint density at radius 1 is 0.941 bits per heavy atom. The molecule has 0 bridgehead atoms. The third kappa shape index (κ3) is 4.26. The molecule has 1 aliphatic rings. The Labute approximate surface area is 203 Å². The molecule has 1 atom stereocenters. The first kappa shape index (κ1) is 22.1. The van der Waals surface area contributed by atoms with E-state index in [1.807, 2.05) is 82.5 Å². The van der Waals surface area contributed by atoms with Gasteiger partial charge in [0.15, 0.2) is 11.5 Å². The van der Waals surface area contributed by atoms with Gasteiger partial charge in [-0.1, -0.05) is 48.5 Å². The average Bonchev–Trinajstić information content (AvgIpc) is 3.48. The van der Waals surface area contributed by atoms with Crippen LogP contribution in [-0.2, 0) is 11.3 Å². The number of para-hydroxylation sites is 1. The molecular weight excluding hydrogens is 446 g/mol. The highest BCUT2D eigenvalue weighted by molar-refractivity contribution is 8.00. The van der Waals surface area contributed by atoms with Gasteiger partial charge in [-0.2, -0.15) is 5.10 Å². The quantitative estimate of drug-likeness (QED) is 0.365. The maximum absolute atomic E-state index is 12.9. The molecule has 1 saturated heterocycles. The zero-order valence-electron chi connectivity index (χ0n) is 19.0. The Kier molecular flexibility index (Phi) is 6.27. The van der Waals surface area contributed by atoms with E-state index in [9.17, 15) is 4.79 Å². The van der Waals surface area contributed by atoms with Gasteiger partial charge in [0.1, 0.15) is 5.37 Å². The second-order valence-electron chi connectivity index (χ2n) is 7.95. The Hall–Kier alpha value is -3.71. The molecule has 0 N–H and O–H groups in total. The van der Waals surface area contributed by atoms with Gasteiger partial charge in [0.2, 0.25) is 5.91 Å². The Balaban J connectivity index is 1.61. The summed E-state index contributed by atoms with van der Waals surface area (Å²) in [6.45, 7) is 0.555. The molecule has 0 spiro atoms. The molecule has 0 saturated carbocycles.